The average Bonchev–Trinajstić information content (AvgIpc) is 2.79. The van der Waals surface area contributed by atoms with E-state index in [2.05, 4.69) is 57.3 Å². The normalized spacial score (nSPS) is 28.5. The van der Waals surface area contributed by atoms with E-state index in [-0.39, 0.29) is 11.1 Å². The molecule has 1 saturated heterocycles. The molecule has 1 atom stereocenters. The third-order valence-corrected chi connectivity index (χ3v) is 5.21. The fraction of sp³-hybridized carbons (Fsp3) is 0.667. The lowest BCUT2D eigenvalue weighted by Gasteiger charge is -2.52. The summed E-state index contributed by atoms with van der Waals surface area (Å²) in [5, 5.41) is 15.8. The van der Waals surface area contributed by atoms with Crippen LogP contribution in [0.2, 0.25) is 0 Å². The standard InChI is InChI=1S/C18H28N2O/c1-17(2)11-14(12-18(3,4)20(17)21)19-16-10-9-13-7-5-6-8-15(13)16/h5-8,14,16,19,21H,9-12H2,1-4H3. The van der Waals surface area contributed by atoms with Crippen LogP contribution in [0, 0.1) is 0 Å². The van der Waals surface area contributed by atoms with Crippen LogP contribution in [0.4, 0.5) is 0 Å². The van der Waals surface area contributed by atoms with Gasteiger partial charge in [0.05, 0.1) is 0 Å². The number of rotatable bonds is 2. The molecule has 1 heterocycles. The molecule has 0 spiro atoms. The topological polar surface area (TPSA) is 35.5 Å². The van der Waals surface area contributed by atoms with Gasteiger partial charge in [-0.05, 0) is 64.5 Å². The molecule has 1 aromatic rings. The monoisotopic (exact) mass is 288 g/mol. The van der Waals surface area contributed by atoms with Gasteiger partial charge in [-0.25, -0.2) is 0 Å². The van der Waals surface area contributed by atoms with Gasteiger partial charge >= 0.3 is 0 Å². The summed E-state index contributed by atoms with van der Waals surface area (Å²) in [5.74, 6) is 0. The molecule has 3 heteroatoms. The van der Waals surface area contributed by atoms with Gasteiger partial charge in [-0.1, -0.05) is 24.3 Å². The predicted molar refractivity (Wildman–Crippen MR) is 85.4 cm³/mol. The Morgan fingerprint density at radius 3 is 2.38 bits per heavy atom. The lowest BCUT2D eigenvalue weighted by molar-refractivity contribution is -0.246. The lowest BCUT2D eigenvalue weighted by Crippen LogP contribution is -2.62. The molecule has 0 radical (unpaired) electrons. The number of hydroxylamine groups is 2. The molecule has 0 bridgehead atoms. The first-order chi connectivity index (χ1) is 9.79. The van der Waals surface area contributed by atoms with Gasteiger partial charge in [0.15, 0.2) is 0 Å². The Hall–Kier alpha value is -0.900. The largest absolute Gasteiger partial charge is 0.313 e. The molecule has 1 fully saturated rings. The molecule has 1 aromatic carbocycles. The first-order valence-corrected chi connectivity index (χ1v) is 8.13. The van der Waals surface area contributed by atoms with E-state index in [1.54, 1.807) is 5.06 Å². The number of fused-ring (bicyclic) bond motifs is 1. The number of nitrogens with one attached hydrogen (secondary N) is 1. The highest BCUT2D eigenvalue weighted by Gasteiger charge is 2.45. The van der Waals surface area contributed by atoms with E-state index in [0.717, 1.165) is 12.8 Å². The van der Waals surface area contributed by atoms with E-state index < -0.39 is 0 Å². The van der Waals surface area contributed by atoms with Crippen LogP contribution in [0.3, 0.4) is 0 Å². The minimum Gasteiger partial charge on any atom is -0.313 e. The number of hydrogen-bond donors (Lipinski definition) is 2. The summed E-state index contributed by atoms with van der Waals surface area (Å²) in [6.45, 7) is 8.52. The molecule has 0 amide bonds. The summed E-state index contributed by atoms with van der Waals surface area (Å²) in [4.78, 5) is 0. The Labute approximate surface area is 128 Å². The van der Waals surface area contributed by atoms with Crippen molar-refractivity contribution in [2.45, 2.75) is 76.5 Å². The predicted octanol–water partition coefficient (Wildman–Crippen LogP) is 3.67. The van der Waals surface area contributed by atoms with Gasteiger partial charge in [0.2, 0.25) is 0 Å². The zero-order chi connectivity index (χ0) is 15.3. The van der Waals surface area contributed by atoms with Crippen LogP contribution in [0.15, 0.2) is 24.3 Å². The van der Waals surface area contributed by atoms with Crippen LogP contribution < -0.4 is 5.32 Å². The smallest absolute Gasteiger partial charge is 0.0425 e. The fourth-order valence-corrected chi connectivity index (χ4v) is 4.40. The number of piperidine rings is 1. The lowest BCUT2D eigenvalue weighted by atomic mass is 9.78. The van der Waals surface area contributed by atoms with E-state index in [0.29, 0.717) is 12.1 Å². The van der Waals surface area contributed by atoms with Gasteiger partial charge in [-0.2, -0.15) is 5.06 Å². The second kappa shape index (κ2) is 5.08. The summed E-state index contributed by atoms with van der Waals surface area (Å²) in [5.41, 5.74) is 2.60. The van der Waals surface area contributed by atoms with E-state index in [4.69, 9.17) is 0 Å². The molecule has 0 saturated carbocycles. The second-order valence-corrected chi connectivity index (χ2v) is 8.00. The minimum atomic E-state index is -0.183. The number of nitrogens with zero attached hydrogens (tertiary/aromatic N) is 1. The van der Waals surface area contributed by atoms with E-state index in [1.807, 2.05) is 0 Å². The Balaban J connectivity index is 1.75. The molecule has 2 aliphatic rings. The minimum absolute atomic E-state index is 0.183. The van der Waals surface area contributed by atoms with Gasteiger partial charge in [0, 0.05) is 23.2 Å². The third kappa shape index (κ3) is 2.75. The average molecular weight is 288 g/mol. The molecular weight excluding hydrogens is 260 g/mol. The fourth-order valence-electron chi connectivity index (χ4n) is 4.40. The maximum atomic E-state index is 10.4. The zero-order valence-corrected chi connectivity index (χ0v) is 13.7. The highest BCUT2D eigenvalue weighted by molar-refractivity contribution is 5.34. The first kappa shape index (κ1) is 15.0. The van der Waals surface area contributed by atoms with Gasteiger partial charge in [0.1, 0.15) is 0 Å². The first-order valence-electron chi connectivity index (χ1n) is 8.13. The van der Waals surface area contributed by atoms with Crippen LogP contribution in [-0.4, -0.2) is 27.4 Å². The van der Waals surface area contributed by atoms with Crippen LogP contribution in [0.25, 0.3) is 0 Å². The highest BCUT2D eigenvalue weighted by atomic mass is 16.5. The van der Waals surface area contributed by atoms with Crippen molar-refractivity contribution >= 4 is 0 Å². The van der Waals surface area contributed by atoms with Crippen LogP contribution in [-0.2, 0) is 6.42 Å². The molecule has 0 aromatic heterocycles. The Morgan fingerprint density at radius 1 is 1.10 bits per heavy atom. The summed E-state index contributed by atoms with van der Waals surface area (Å²) in [6.07, 6.45) is 4.33. The quantitative estimate of drug-likeness (QED) is 0.871. The summed E-state index contributed by atoms with van der Waals surface area (Å²) in [7, 11) is 0. The van der Waals surface area contributed by atoms with E-state index in [1.165, 1.54) is 24.0 Å². The van der Waals surface area contributed by atoms with Crippen molar-refractivity contribution < 1.29 is 5.21 Å². The molecule has 21 heavy (non-hydrogen) atoms. The van der Waals surface area contributed by atoms with Crippen LogP contribution in [0.1, 0.15) is 64.1 Å². The van der Waals surface area contributed by atoms with Gasteiger partial charge < -0.3 is 10.5 Å². The number of hydrogen-bond acceptors (Lipinski definition) is 3. The van der Waals surface area contributed by atoms with Crippen molar-refractivity contribution in [2.75, 3.05) is 0 Å². The van der Waals surface area contributed by atoms with Crippen molar-refractivity contribution in [1.82, 2.24) is 10.4 Å². The molecule has 1 aliphatic carbocycles. The van der Waals surface area contributed by atoms with Gasteiger partial charge in [-0.3, -0.25) is 0 Å². The van der Waals surface area contributed by atoms with E-state index in [9.17, 15) is 5.21 Å². The molecule has 1 unspecified atom stereocenters. The number of benzene rings is 1. The van der Waals surface area contributed by atoms with Crippen molar-refractivity contribution in [3.05, 3.63) is 35.4 Å². The van der Waals surface area contributed by atoms with Crippen LogP contribution in [0.5, 0.6) is 0 Å². The zero-order valence-electron chi connectivity index (χ0n) is 13.7. The van der Waals surface area contributed by atoms with Crippen molar-refractivity contribution in [3.8, 4) is 0 Å². The molecule has 2 N–H and O–H groups in total. The molecular formula is C18H28N2O. The van der Waals surface area contributed by atoms with Crippen molar-refractivity contribution in [3.63, 3.8) is 0 Å². The maximum Gasteiger partial charge on any atom is 0.0425 e. The van der Waals surface area contributed by atoms with Gasteiger partial charge in [-0.15, -0.1) is 0 Å². The number of aryl methyl sites for hydroxylation is 1. The van der Waals surface area contributed by atoms with Gasteiger partial charge in [0.25, 0.3) is 0 Å². The van der Waals surface area contributed by atoms with Crippen LogP contribution >= 0.6 is 0 Å². The molecule has 3 rings (SSSR count). The summed E-state index contributed by atoms with van der Waals surface area (Å²) in [6, 6.07) is 9.72. The molecule has 3 nitrogen and oxygen atoms in total. The Morgan fingerprint density at radius 2 is 1.71 bits per heavy atom. The molecule has 1 aliphatic heterocycles. The van der Waals surface area contributed by atoms with E-state index >= 15 is 0 Å². The highest BCUT2D eigenvalue weighted by Crippen LogP contribution is 2.39. The summed E-state index contributed by atoms with van der Waals surface area (Å²) < 4.78 is 0. The Kier molecular flexibility index (Phi) is 3.63. The maximum absolute atomic E-state index is 10.4. The second-order valence-electron chi connectivity index (χ2n) is 8.00. The SMILES string of the molecule is CC1(C)CC(NC2CCc3ccccc32)CC(C)(C)N1O. The van der Waals surface area contributed by atoms with Crippen molar-refractivity contribution in [1.29, 1.82) is 0 Å². The Bertz CT molecular complexity index is 506. The van der Waals surface area contributed by atoms with Crippen molar-refractivity contribution in [2.24, 2.45) is 0 Å². The third-order valence-electron chi connectivity index (χ3n) is 5.21. The molecule has 116 valence electrons. The summed E-state index contributed by atoms with van der Waals surface area (Å²) >= 11 is 0.